The number of nitrogens with zero attached hydrogens (tertiary/aromatic N) is 2. The van der Waals surface area contributed by atoms with Crippen molar-refractivity contribution in [2.24, 2.45) is 5.73 Å². The van der Waals surface area contributed by atoms with Gasteiger partial charge in [-0.25, -0.2) is 8.42 Å². The van der Waals surface area contributed by atoms with Crippen molar-refractivity contribution in [2.45, 2.75) is 43.0 Å². The zero-order valence-electron chi connectivity index (χ0n) is 16.0. The standard InChI is InChI=1S/C20H22N4O3S.ClH/c1-14-7-9-16(10-8-14)24-28(25,26)17-6-4-5-15(13-17)18-22-19(23-27-18)20(21)11-2-3-12-20;/h4-10,13,24H,2-3,11-12,21H2,1H3;1H. The first-order chi connectivity index (χ1) is 13.4. The van der Waals surface area contributed by atoms with Gasteiger partial charge in [0, 0.05) is 11.3 Å². The molecular formula is C20H23ClN4O3S. The van der Waals surface area contributed by atoms with Crippen LogP contribution in [0.5, 0.6) is 0 Å². The summed E-state index contributed by atoms with van der Waals surface area (Å²) < 4.78 is 33.4. The van der Waals surface area contributed by atoms with Gasteiger partial charge < -0.3 is 10.3 Å². The first kappa shape index (κ1) is 21.3. The van der Waals surface area contributed by atoms with Crippen molar-refractivity contribution < 1.29 is 12.9 Å². The van der Waals surface area contributed by atoms with Gasteiger partial charge >= 0.3 is 0 Å². The number of sulfonamides is 1. The Hall–Kier alpha value is -2.42. The molecule has 0 saturated heterocycles. The second-order valence-electron chi connectivity index (χ2n) is 7.29. The van der Waals surface area contributed by atoms with E-state index in [-0.39, 0.29) is 23.2 Å². The number of nitrogens with one attached hydrogen (secondary N) is 1. The van der Waals surface area contributed by atoms with Gasteiger partial charge in [-0.3, -0.25) is 4.72 Å². The van der Waals surface area contributed by atoms with E-state index in [9.17, 15) is 8.42 Å². The molecule has 0 unspecified atom stereocenters. The molecule has 9 heteroatoms. The highest BCUT2D eigenvalue weighted by Gasteiger charge is 2.36. The van der Waals surface area contributed by atoms with Crippen LogP contribution >= 0.6 is 12.4 Å². The van der Waals surface area contributed by atoms with E-state index in [2.05, 4.69) is 14.9 Å². The zero-order chi connectivity index (χ0) is 19.8. The van der Waals surface area contributed by atoms with Crippen molar-refractivity contribution in [3.8, 4) is 11.5 Å². The molecule has 1 heterocycles. The molecule has 2 aromatic carbocycles. The Morgan fingerprint density at radius 3 is 2.48 bits per heavy atom. The van der Waals surface area contributed by atoms with Crippen LogP contribution in [0.3, 0.4) is 0 Å². The van der Waals surface area contributed by atoms with Crippen LogP contribution in [-0.2, 0) is 15.6 Å². The predicted octanol–water partition coefficient (Wildman–Crippen LogP) is 4.00. The number of aromatic nitrogens is 2. The van der Waals surface area contributed by atoms with Gasteiger partial charge in [0.05, 0.1) is 10.4 Å². The second-order valence-corrected chi connectivity index (χ2v) is 8.97. The lowest BCUT2D eigenvalue weighted by molar-refractivity contribution is 0.372. The first-order valence-corrected chi connectivity index (χ1v) is 10.7. The van der Waals surface area contributed by atoms with Crippen LogP contribution in [0, 0.1) is 6.92 Å². The van der Waals surface area contributed by atoms with Crippen molar-refractivity contribution in [1.29, 1.82) is 0 Å². The minimum absolute atomic E-state index is 0. The third-order valence-corrected chi connectivity index (χ3v) is 6.44. The summed E-state index contributed by atoms with van der Waals surface area (Å²) in [5, 5.41) is 4.04. The molecule has 0 bridgehead atoms. The van der Waals surface area contributed by atoms with Gasteiger partial charge in [0.1, 0.15) is 0 Å². The summed E-state index contributed by atoms with van der Waals surface area (Å²) in [7, 11) is -3.74. The fraction of sp³-hybridized carbons (Fsp3) is 0.300. The summed E-state index contributed by atoms with van der Waals surface area (Å²) in [6.45, 7) is 1.94. The molecule has 1 aliphatic carbocycles. The molecule has 154 valence electrons. The fourth-order valence-corrected chi connectivity index (χ4v) is 4.51. The molecule has 3 N–H and O–H groups in total. The number of nitrogens with two attached hydrogens (primary N) is 1. The summed E-state index contributed by atoms with van der Waals surface area (Å²) in [5.41, 5.74) is 7.91. The number of halogens is 1. The van der Waals surface area contributed by atoms with Crippen LogP contribution in [0.15, 0.2) is 57.9 Å². The summed E-state index contributed by atoms with van der Waals surface area (Å²) in [5.74, 6) is 0.741. The normalized spacial score (nSPS) is 15.7. The topological polar surface area (TPSA) is 111 Å². The van der Waals surface area contributed by atoms with Gasteiger partial charge in [-0.15, -0.1) is 12.4 Å². The van der Waals surface area contributed by atoms with Crippen LogP contribution in [0.4, 0.5) is 5.69 Å². The van der Waals surface area contributed by atoms with Crippen molar-refractivity contribution in [1.82, 2.24) is 10.1 Å². The molecule has 0 amide bonds. The van der Waals surface area contributed by atoms with Gasteiger partial charge in [-0.05, 0) is 50.1 Å². The Balaban J connectivity index is 0.00000240. The highest BCUT2D eigenvalue weighted by Crippen LogP contribution is 2.35. The maximum atomic E-state index is 12.7. The number of aryl methyl sites for hydroxylation is 1. The molecular weight excluding hydrogens is 412 g/mol. The Morgan fingerprint density at radius 2 is 1.79 bits per heavy atom. The van der Waals surface area contributed by atoms with E-state index in [1.54, 1.807) is 24.3 Å². The van der Waals surface area contributed by atoms with E-state index in [0.717, 1.165) is 31.2 Å². The second kappa shape index (κ2) is 8.14. The predicted molar refractivity (Wildman–Crippen MR) is 113 cm³/mol. The molecule has 1 aliphatic rings. The molecule has 0 spiro atoms. The van der Waals surface area contributed by atoms with Crippen LogP contribution < -0.4 is 10.5 Å². The lowest BCUT2D eigenvalue weighted by atomic mass is 9.99. The molecule has 0 atom stereocenters. The van der Waals surface area contributed by atoms with Gasteiger partial charge in [0.15, 0.2) is 5.82 Å². The molecule has 0 radical (unpaired) electrons. The Labute approximate surface area is 176 Å². The van der Waals surface area contributed by atoms with Crippen LogP contribution in [0.25, 0.3) is 11.5 Å². The highest BCUT2D eigenvalue weighted by molar-refractivity contribution is 7.92. The molecule has 7 nitrogen and oxygen atoms in total. The number of benzene rings is 2. The largest absolute Gasteiger partial charge is 0.334 e. The maximum absolute atomic E-state index is 12.7. The third kappa shape index (κ3) is 4.44. The summed E-state index contributed by atoms with van der Waals surface area (Å²) >= 11 is 0. The van der Waals surface area contributed by atoms with E-state index in [1.165, 1.54) is 12.1 Å². The van der Waals surface area contributed by atoms with Crippen LogP contribution in [0.2, 0.25) is 0 Å². The van der Waals surface area contributed by atoms with Crippen molar-refractivity contribution >= 4 is 28.1 Å². The average Bonchev–Trinajstić information content (AvgIpc) is 3.34. The minimum Gasteiger partial charge on any atom is -0.334 e. The Bertz CT molecular complexity index is 1090. The number of rotatable bonds is 5. The maximum Gasteiger partial charge on any atom is 0.261 e. The number of anilines is 1. The summed E-state index contributed by atoms with van der Waals surface area (Å²) in [6.07, 6.45) is 3.72. The monoisotopic (exact) mass is 434 g/mol. The first-order valence-electron chi connectivity index (χ1n) is 9.19. The van der Waals surface area contributed by atoms with Crippen molar-refractivity contribution in [3.63, 3.8) is 0 Å². The average molecular weight is 435 g/mol. The van der Waals surface area contributed by atoms with Gasteiger partial charge in [-0.2, -0.15) is 4.98 Å². The van der Waals surface area contributed by atoms with Gasteiger partial charge in [-0.1, -0.05) is 41.8 Å². The van der Waals surface area contributed by atoms with E-state index in [4.69, 9.17) is 10.3 Å². The Kier molecular flexibility index (Phi) is 5.97. The lowest BCUT2D eigenvalue weighted by Gasteiger charge is -2.17. The number of hydrogen-bond acceptors (Lipinski definition) is 6. The van der Waals surface area contributed by atoms with Crippen molar-refractivity contribution in [2.75, 3.05) is 4.72 Å². The molecule has 3 aromatic rings. The van der Waals surface area contributed by atoms with Gasteiger partial charge in [0.2, 0.25) is 0 Å². The summed E-state index contributed by atoms with van der Waals surface area (Å²) in [4.78, 5) is 4.55. The van der Waals surface area contributed by atoms with Crippen LogP contribution in [-0.4, -0.2) is 18.6 Å². The molecule has 29 heavy (non-hydrogen) atoms. The quantitative estimate of drug-likeness (QED) is 0.627. The highest BCUT2D eigenvalue weighted by atomic mass is 35.5. The lowest BCUT2D eigenvalue weighted by Crippen LogP contribution is -2.34. The van der Waals surface area contributed by atoms with Crippen molar-refractivity contribution in [3.05, 3.63) is 59.9 Å². The molecule has 1 saturated carbocycles. The fourth-order valence-electron chi connectivity index (χ4n) is 3.40. The van der Waals surface area contributed by atoms with E-state index < -0.39 is 15.6 Å². The zero-order valence-corrected chi connectivity index (χ0v) is 17.6. The number of hydrogen-bond donors (Lipinski definition) is 2. The summed E-state index contributed by atoms with van der Waals surface area (Å²) in [6, 6.07) is 13.6. The van der Waals surface area contributed by atoms with Gasteiger partial charge in [0.25, 0.3) is 15.9 Å². The van der Waals surface area contributed by atoms with E-state index in [0.29, 0.717) is 17.1 Å². The molecule has 1 aromatic heterocycles. The Morgan fingerprint density at radius 1 is 1.10 bits per heavy atom. The SMILES string of the molecule is Cc1ccc(NS(=O)(=O)c2cccc(-c3nc(C4(N)CCCC4)no3)c2)cc1.Cl. The minimum atomic E-state index is -3.74. The third-order valence-electron chi connectivity index (χ3n) is 5.06. The molecule has 0 aliphatic heterocycles. The smallest absolute Gasteiger partial charge is 0.261 e. The molecule has 4 rings (SSSR count). The van der Waals surface area contributed by atoms with E-state index in [1.807, 2.05) is 19.1 Å². The molecule has 1 fully saturated rings. The van der Waals surface area contributed by atoms with Crippen LogP contribution in [0.1, 0.15) is 37.1 Å². The van der Waals surface area contributed by atoms with E-state index >= 15 is 0 Å².